The summed E-state index contributed by atoms with van der Waals surface area (Å²) in [6, 6.07) is 6.47. The lowest BCUT2D eigenvalue weighted by molar-refractivity contribution is -0.0498. The van der Waals surface area contributed by atoms with Crippen LogP contribution in [0.3, 0.4) is 0 Å². The van der Waals surface area contributed by atoms with Gasteiger partial charge in [-0.2, -0.15) is 8.78 Å². The van der Waals surface area contributed by atoms with Gasteiger partial charge >= 0.3 is 6.61 Å². The van der Waals surface area contributed by atoms with E-state index in [1.165, 1.54) is 12.1 Å². The molecular weight excluding hydrogens is 232 g/mol. The van der Waals surface area contributed by atoms with Crippen LogP contribution in [-0.2, 0) is 0 Å². The van der Waals surface area contributed by atoms with Gasteiger partial charge in [-0.3, -0.25) is 0 Å². The van der Waals surface area contributed by atoms with Crippen LogP contribution in [0.2, 0.25) is 0 Å². The fraction of sp³-hybridized carbons (Fsp3) is 0.182. The molecule has 2 aromatic rings. The second-order valence-corrected chi connectivity index (χ2v) is 4.22. The Morgan fingerprint density at radius 3 is 2.44 bits per heavy atom. The van der Waals surface area contributed by atoms with Gasteiger partial charge < -0.3 is 4.74 Å². The van der Waals surface area contributed by atoms with E-state index < -0.39 is 6.61 Å². The molecule has 0 fully saturated rings. The van der Waals surface area contributed by atoms with E-state index in [-0.39, 0.29) is 5.75 Å². The van der Waals surface area contributed by atoms with E-state index in [0.717, 1.165) is 16.1 Å². The summed E-state index contributed by atoms with van der Waals surface area (Å²) in [6.07, 6.45) is 0. The molecule has 0 spiro atoms. The average Bonchev–Trinajstić information content (AvgIpc) is 2.65. The first-order valence-corrected chi connectivity index (χ1v) is 5.50. The SMILES string of the molecule is Cc1scnc1-c1ccc(OC(F)F)cc1. The molecule has 0 amide bonds. The maximum absolute atomic E-state index is 11.9. The van der Waals surface area contributed by atoms with Gasteiger partial charge in [0.05, 0.1) is 11.2 Å². The fourth-order valence-corrected chi connectivity index (χ4v) is 1.98. The molecule has 0 aliphatic heterocycles. The monoisotopic (exact) mass is 241 g/mol. The van der Waals surface area contributed by atoms with Crippen LogP contribution in [0, 0.1) is 6.92 Å². The van der Waals surface area contributed by atoms with Crippen molar-refractivity contribution in [2.75, 3.05) is 0 Å². The van der Waals surface area contributed by atoms with Crippen molar-refractivity contribution in [3.63, 3.8) is 0 Å². The zero-order valence-corrected chi connectivity index (χ0v) is 9.30. The number of alkyl halides is 2. The predicted octanol–water partition coefficient (Wildman–Crippen LogP) is 3.72. The van der Waals surface area contributed by atoms with Crippen molar-refractivity contribution in [1.82, 2.24) is 4.98 Å². The topological polar surface area (TPSA) is 22.1 Å². The van der Waals surface area contributed by atoms with Crippen molar-refractivity contribution < 1.29 is 13.5 Å². The van der Waals surface area contributed by atoms with Crippen molar-refractivity contribution in [3.8, 4) is 17.0 Å². The highest BCUT2D eigenvalue weighted by Gasteiger charge is 2.07. The summed E-state index contributed by atoms with van der Waals surface area (Å²) >= 11 is 1.55. The second kappa shape index (κ2) is 4.57. The predicted molar refractivity (Wildman–Crippen MR) is 58.9 cm³/mol. The largest absolute Gasteiger partial charge is 0.435 e. The fourth-order valence-electron chi connectivity index (χ4n) is 1.38. The Kier molecular flexibility index (Phi) is 3.14. The van der Waals surface area contributed by atoms with E-state index in [1.807, 2.05) is 6.92 Å². The smallest absolute Gasteiger partial charge is 0.387 e. The van der Waals surface area contributed by atoms with Crippen LogP contribution in [0.25, 0.3) is 11.3 Å². The summed E-state index contributed by atoms with van der Waals surface area (Å²) in [4.78, 5) is 5.31. The molecule has 84 valence electrons. The number of ether oxygens (including phenoxy) is 1. The molecule has 0 atom stereocenters. The van der Waals surface area contributed by atoms with Gasteiger partial charge in [-0.25, -0.2) is 4.98 Å². The highest BCUT2D eigenvalue weighted by atomic mass is 32.1. The quantitative estimate of drug-likeness (QED) is 0.817. The Morgan fingerprint density at radius 2 is 1.94 bits per heavy atom. The van der Waals surface area contributed by atoms with E-state index in [0.29, 0.717) is 0 Å². The van der Waals surface area contributed by atoms with Gasteiger partial charge in [-0.05, 0) is 31.2 Å². The molecule has 0 N–H and O–H groups in total. The van der Waals surface area contributed by atoms with Crippen LogP contribution >= 0.6 is 11.3 Å². The van der Waals surface area contributed by atoms with Gasteiger partial charge in [0.2, 0.25) is 0 Å². The van der Waals surface area contributed by atoms with Gasteiger partial charge in [-0.15, -0.1) is 11.3 Å². The van der Waals surface area contributed by atoms with Crippen molar-refractivity contribution in [1.29, 1.82) is 0 Å². The molecule has 0 saturated heterocycles. The average molecular weight is 241 g/mol. The summed E-state index contributed by atoms with van der Waals surface area (Å²) < 4.78 is 28.1. The first kappa shape index (κ1) is 11.0. The lowest BCUT2D eigenvalue weighted by Crippen LogP contribution is -2.01. The molecule has 1 aromatic carbocycles. The maximum atomic E-state index is 11.9. The number of nitrogens with zero attached hydrogens (tertiary/aromatic N) is 1. The van der Waals surface area contributed by atoms with Gasteiger partial charge in [0.1, 0.15) is 5.75 Å². The Balaban J connectivity index is 2.23. The van der Waals surface area contributed by atoms with Crippen LogP contribution in [-0.4, -0.2) is 11.6 Å². The Hall–Kier alpha value is -1.49. The molecule has 5 heteroatoms. The minimum atomic E-state index is -2.79. The number of thiazole rings is 1. The van der Waals surface area contributed by atoms with E-state index in [2.05, 4.69) is 9.72 Å². The third kappa shape index (κ3) is 2.36. The molecule has 2 nitrogen and oxygen atoms in total. The van der Waals surface area contributed by atoms with Crippen molar-refractivity contribution >= 4 is 11.3 Å². The van der Waals surface area contributed by atoms with Crippen LogP contribution in [0.15, 0.2) is 29.8 Å². The molecule has 0 aliphatic rings. The molecule has 1 aromatic heterocycles. The Morgan fingerprint density at radius 1 is 1.25 bits per heavy atom. The number of halogens is 2. The minimum absolute atomic E-state index is 0.159. The summed E-state index contributed by atoms with van der Waals surface area (Å²) in [5.74, 6) is 0.159. The van der Waals surface area contributed by atoms with E-state index in [9.17, 15) is 8.78 Å². The van der Waals surface area contributed by atoms with Crippen LogP contribution in [0.4, 0.5) is 8.78 Å². The van der Waals surface area contributed by atoms with Crippen LogP contribution < -0.4 is 4.74 Å². The molecule has 0 unspecified atom stereocenters. The number of hydrogen-bond acceptors (Lipinski definition) is 3. The third-order valence-electron chi connectivity index (χ3n) is 2.10. The zero-order chi connectivity index (χ0) is 11.5. The zero-order valence-electron chi connectivity index (χ0n) is 8.48. The van der Waals surface area contributed by atoms with Gasteiger partial charge in [0, 0.05) is 10.4 Å². The van der Waals surface area contributed by atoms with Gasteiger partial charge in [0.15, 0.2) is 0 Å². The number of benzene rings is 1. The molecule has 16 heavy (non-hydrogen) atoms. The Labute approximate surface area is 95.5 Å². The second-order valence-electron chi connectivity index (χ2n) is 3.16. The lowest BCUT2D eigenvalue weighted by Gasteiger charge is -2.04. The number of hydrogen-bond donors (Lipinski definition) is 0. The third-order valence-corrected chi connectivity index (χ3v) is 2.86. The number of rotatable bonds is 3. The van der Waals surface area contributed by atoms with Crippen molar-refractivity contribution in [2.24, 2.45) is 0 Å². The molecule has 0 bridgehead atoms. The van der Waals surface area contributed by atoms with Gasteiger partial charge in [-0.1, -0.05) is 0 Å². The summed E-state index contributed by atoms with van der Waals surface area (Å²) in [6.45, 7) is -0.816. The summed E-state index contributed by atoms with van der Waals surface area (Å²) in [5.41, 5.74) is 3.54. The van der Waals surface area contributed by atoms with E-state index in [1.54, 1.807) is 29.0 Å². The molecule has 1 heterocycles. The van der Waals surface area contributed by atoms with Crippen molar-refractivity contribution in [2.45, 2.75) is 13.5 Å². The highest BCUT2D eigenvalue weighted by Crippen LogP contribution is 2.26. The number of aromatic nitrogens is 1. The molecule has 0 saturated carbocycles. The summed E-state index contributed by atoms with van der Waals surface area (Å²) in [5, 5.41) is 0. The highest BCUT2D eigenvalue weighted by molar-refractivity contribution is 7.10. The van der Waals surface area contributed by atoms with E-state index in [4.69, 9.17) is 0 Å². The molecule has 2 rings (SSSR count). The lowest BCUT2D eigenvalue weighted by atomic mass is 10.1. The normalized spacial score (nSPS) is 10.8. The van der Waals surface area contributed by atoms with Crippen LogP contribution in [0.1, 0.15) is 4.88 Å². The van der Waals surface area contributed by atoms with Crippen LogP contribution in [0.5, 0.6) is 5.75 Å². The first-order chi connectivity index (χ1) is 7.66. The number of aryl methyl sites for hydroxylation is 1. The molecule has 0 radical (unpaired) electrons. The maximum Gasteiger partial charge on any atom is 0.387 e. The molecule has 0 aliphatic carbocycles. The summed E-state index contributed by atoms with van der Waals surface area (Å²) in [7, 11) is 0. The molecular formula is C11H9F2NOS. The first-order valence-electron chi connectivity index (χ1n) is 4.62. The Bertz CT molecular complexity index is 467. The standard InChI is InChI=1S/C11H9F2NOS/c1-7-10(14-6-16-7)8-2-4-9(5-3-8)15-11(12)13/h2-6,11H,1H3. The van der Waals surface area contributed by atoms with E-state index >= 15 is 0 Å². The minimum Gasteiger partial charge on any atom is -0.435 e. The van der Waals surface area contributed by atoms with Crippen molar-refractivity contribution in [3.05, 3.63) is 34.7 Å². The van der Waals surface area contributed by atoms with Gasteiger partial charge in [0.25, 0.3) is 0 Å².